The summed E-state index contributed by atoms with van der Waals surface area (Å²) in [5.41, 5.74) is 0.795. The van der Waals surface area contributed by atoms with Crippen LogP contribution in [0.4, 0.5) is 14.5 Å². The molecule has 26 heavy (non-hydrogen) atoms. The molecule has 2 aromatic carbocycles. The molecule has 0 unspecified atom stereocenters. The van der Waals surface area contributed by atoms with Crippen molar-refractivity contribution in [2.24, 2.45) is 0 Å². The molecule has 2 aromatic rings. The molecule has 9 heteroatoms. The lowest BCUT2D eigenvalue weighted by molar-refractivity contribution is -0.115. The average molecular weight is 417 g/mol. The summed E-state index contributed by atoms with van der Waals surface area (Å²) in [5, 5.41) is 5.81. The lowest BCUT2D eigenvalue weighted by atomic mass is 10.2. The molecule has 2 rings (SSSR count). The fraction of sp³-hybridized carbons (Fsp3) is 0.0588. The van der Waals surface area contributed by atoms with Gasteiger partial charge in [-0.15, -0.1) is 0 Å². The van der Waals surface area contributed by atoms with E-state index in [0.717, 1.165) is 0 Å². The van der Waals surface area contributed by atoms with E-state index in [1.165, 1.54) is 30.4 Å². The van der Waals surface area contributed by atoms with Gasteiger partial charge in [-0.3, -0.25) is 10.1 Å². The average Bonchev–Trinajstić information content (AvgIpc) is 2.55. The number of hydrogen-bond acceptors (Lipinski definition) is 3. The molecule has 0 fully saturated rings. The van der Waals surface area contributed by atoms with Gasteiger partial charge < -0.3 is 10.1 Å². The fourth-order valence-electron chi connectivity index (χ4n) is 1.88. The van der Waals surface area contributed by atoms with Gasteiger partial charge in [-0.05, 0) is 48.1 Å². The Hall–Kier alpha value is -2.22. The normalized spacial score (nSPS) is 10.8. The zero-order valence-electron chi connectivity index (χ0n) is 13.0. The van der Waals surface area contributed by atoms with Gasteiger partial charge in [0.1, 0.15) is 5.75 Å². The molecule has 0 saturated carbocycles. The van der Waals surface area contributed by atoms with Crippen molar-refractivity contribution in [1.29, 1.82) is 0 Å². The maximum Gasteiger partial charge on any atom is 0.387 e. The molecule has 136 valence electrons. The Labute approximate surface area is 163 Å². The van der Waals surface area contributed by atoms with Gasteiger partial charge >= 0.3 is 6.61 Å². The van der Waals surface area contributed by atoms with Crippen LogP contribution in [0, 0.1) is 0 Å². The Bertz CT molecular complexity index is 847. The molecule has 4 nitrogen and oxygen atoms in total. The molecule has 0 aliphatic carbocycles. The number of benzene rings is 2. The number of alkyl halides is 2. The van der Waals surface area contributed by atoms with Gasteiger partial charge in [-0.1, -0.05) is 41.4 Å². The first kappa shape index (κ1) is 20.1. The lowest BCUT2D eigenvalue weighted by Gasteiger charge is -2.13. The quantitative estimate of drug-likeness (QED) is 0.524. The first-order chi connectivity index (χ1) is 12.3. The Morgan fingerprint density at radius 2 is 1.92 bits per heavy atom. The molecule has 0 saturated heterocycles. The largest absolute Gasteiger partial charge is 0.433 e. The minimum Gasteiger partial charge on any atom is -0.433 e. The summed E-state index contributed by atoms with van der Waals surface area (Å²) in [5.74, 6) is -0.622. The number of hydrogen-bond donors (Lipinski definition) is 2. The highest BCUT2D eigenvalue weighted by Gasteiger charge is 2.10. The summed E-state index contributed by atoms with van der Waals surface area (Å²) in [6.45, 7) is -2.98. The number of nitrogens with one attached hydrogen (secondary N) is 2. The van der Waals surface area contributed by atoms with Crippen molar-refractivity contribution in [2.45, 2.75) is 6.61 Å². The Balaban J connectivity index is 1.97. The van der Waals surface area contributed by atoms with Gasteiger partial charge in [0.25, 0.3) is 0 Å². The number of halogens is 4. The Morgan fingerprint density at radius 3 is 2.62 bits per heavy atom. The second-order valence-corrected chi connectivity index (χ2v) is 6.07. The van der Waals surface area contributed by atoms with Crippen molar-refractivity contribution in [3.05, 3.63) is 64.1 Å². The van der Waals surface area contributed by atoms with E-state index in [4.69, 9.17) is 35.4 Å². The molecule has 0 radical (unpaired) electrons. The zero-order chi connectivity index (χ0) is 19.1. The highest BCUT2D eigenvalue weighted by Crippen LogP contribution is 2.25. The van der Waals surface area contributed by atoms with Gasteiger partial charge in [-0.2, -0.15) is 8.78 Å². The van der Waals surface area contributed by atoms with Gasteiger partial charge in [-0.25, -0.2) is 0 Å². The van der Waals surface area contributed by atoms with Crippen molar-refractivity contribution >= 4 is 58.2 Å². The first-order valence-corrected chi connectivity index (χ1v) is 8.30. The molecule has 0 aromatic heterocycles. The van der Waals surface area contributed by atoms with Gasteiger partial charge in [0.2, 0.25) is 5.91 Å². The van der Waals surface area contributed by atoms with E-state index < -0.39 is 12.5 Å². The molecular weight excluding hydrogens is 405 g/mol. The van der Waals surface area contributed by atoms with Gasteiger partial charge in [0, 0.05) is 16.1 Å². The Morgan fingerprint density at radius 1 is 1.19 bits per heavy atom. The minimum absolute atomic E-state index is 0.0767. The van der Waals surface area contributed by atoms with Crippen LogP contribution in [0.15, 0.2) is 48.5 Å². The van der Waals surface area contributed by atoms with Crippen LogP contribution in [0.2, 0.25) is 10.0 Å². The van der Waals surface area contributed by atoms with Crippen LogP contribution in [0.5, 0.6) is 5.75 Å². The molecule has 1 amide bonds. The van der Waals surface area contributed by atoms with E-state index >= 15 is 0 Å². The summed E-state index contributed by atoms with van der Waals surface area (Å²) in [6, 6.07) is 10.8. The van der Waals surface area contributed by atoms with Crippen LogP contribution in [0.1, 0.15) is 5.56 Å². The van der Waals surface area contributed by atoms with Crippen LogP contribution in [0.3, 0.4) is 0 Å². The van der Waals surface area contributed by atoms with Crippen LogP contribution >= 0.6 is 35.4 Å². The number of para-hydroxylation sites is 2. The monoisotopic (exact) mass is 416 g/mol. The fourth-order valence-corrected chi connectivity index (χ4v) is 2.56. The third kappa shape index (κ3) is 6.25. The maximum atomic E-state index is 12.4. The summed E-state index contributed by atoms with van der Waals surface area (Å²) >= 11 is 16.8. The number of carbonyl (C=O) groups excluding carboxylic acids is 1. The topological polar surface area (TPSA) is 50.4 Å². The summed E-state index contributed by atoms with van der Waals surface area (Å²) in [4.78, 5) is 11.9. The maximum absolute atomic E-state index is 12.4. The van der Waals surface area contributed by atoms with E-state index in [2.05, 4.69) is 15.4 Å². The zero-order valence-corrected chi connectivity index (χ0v) is 15.3. The van der Waals surface area contributed by atoms with Crippen molar-refractivity contribution in [1.82, 2.24) is 5.32 Å². The van der Waals surface area contributed by atoms with Gasteiger partial charge in [0.05, 0.1) is 5.69 Å². The minimum atomic E-state index is -2.98. The number of amides is 1. The molecule has 0 aliphatic heterocycles. The summed E-state index contributed by atoms with van der Waals surface area (Å²) in [6.07, 6.45) is 2.72. The SMILES string of the molecule is O=C(/C=C/c1ccc(Cl)cc1Cl)NC(=S)Nc1ccccc1OC(F)F. The summed E-state index contributed by atoms with van der Waals surface area (Å²) in [7, 11) is 0. The van der Waals surface area contributed by atoms with Crippen LogP contribution in [-0.2, 0) is 4.79 Å². The molecule has 0 spiro atoms. The van der Waals surface area contributed by atoms with E-state index in [9.17, 15) is 13.6 Å². The van der Waals surface area contributed by atoms with E-state index in [0.29, 0.717) is 15.6 Å². The van der Waals surface area contributed by atoms with Gasteiger partial charge in [0.15, 0.2) is 5.11 Å². The lowest BCUT2D eigenvalue weighted by Crippen LogP contribution is -2.33. The van der Waals surface area contributed by atoms with E-state index in [1.54, 1.807) is 24.3 Å². The summed E-state index contributed by atoms with van der Waals surface area (Å²) < 4.78 is 29.1. The third-order valence-corrected chi connectivity index (χ3v) is 3.73. The molecule has 0 heterocycles. The molecule has 0 atom stereocenters. The second kappa shape index (κ2) is 9.47. The van der Waals surface area contributed by atoms with Crippen molar-refractivity contribution in [2.75, 3.05) is 5.32 Å². The number of ether oxygens (including phenoxy) is 1. The van der Waals surface area contributed by atoms with E-state index in [1.807, 2.05) is 0 Å². The molecular formula is C17H12Cl2F2N2O2S. The van der Waals surface area contributed by atoms with Crippen LogP contribution in [0.25, 0.3) is 6.08 Å². The number of thiocarbonyl (C=S) groups is 1. The smallest absolute Gasteiger partial charge is 0.387 e. The molecule has 0 bridgehead atoms. The van der Waals surface area contributed by atoms with Crippen LogP contribution < -0.4 is 15.4 Å². The van der Waals surface area contributed by atoms with Crippen molar-refractivity contribution in [3.8, 4) is 5.75 Å². The standard InChI is InChI=1S/C17H12Cl2F2N2O2S/c18-11-7-5-10(12(19)9-11)6-8-15(24)23-17(26)22-13-3-1-2-4-14(13)25-16(20)21/h1-9,16H,(H2,22,23,24,26)/b8-6+. The number of rotatable bonds is 5. The predicted molar refractivity (Wildman–Crippen MR) is 103 cm³/mol. The molecule has 2 N–H and O–H groups in total. The Kier molecular flexibility index (Phi) is 7.32. The predicted octanol–water partition coefficient (Wildman–Crippen LogP) is 5.12. The van der Waals surface area contributed by atoms with Crippen molar-refractivity contribution in [3.63, 3.8) is 0 Å². The third-order valence-electron chi connectivity index (χ3n) is 2.96. The number of anilines is 1. The van der Waals surface area contributed by atoms with E-state index in [-0.39, 0.29) is 16.5 Å². The first-order valence-electron chi connectivity index (χ1n) is 7.14. The second-order valence-electron chi connectivity index (χ2n) is 4.82. The number of carbonyl (C=O) groups is 1. The highest BCUT2D eigenvalue weighted by molar-refractivity contribution is 7.80. The highest BCUT2D eigenvalue weighted by atomic mass is 35.5. The van der Waals surface area contributed by atoms with Crippen LogP contribution in [-0.4, -0.2) is 17.6 Å². The molecule has 0 aliphatic rings. The van der Waals surface area contributed by atoms with Crippen molar-refractivity contribution < 1.29 is 18.3 Å².